The molecule has 0 saturated carbocycles. The maximum Gasteiger partial charge on any atom is 0.345 e. The van der Waals surface area contributed by atoms with Crippen LogP contribution in [0.25, 0.3) is 10.9 Å². The van der Waals surface area contributed by atoms with Gasteiger partial charge in [0.2, 0.25) is 0 Å². The van der Waals surface area contributed by atoms with E-state index in [2.05, 4.69) is 39.2 Å². The van der Waals surface area contributed by atoms with Crippen molar-refractivity contribution in [2.75, 3.05) is 13.1 Å². The van der Waals surface area contributed by atoms with Gasteiger partial charge in [-0.05, 0) is 37.9 Å². The van der Waals surface area contributed by atoms with Crippen LogP contribution in [0.3, 0.4) is 0 Å². The van der Waals surface area contributed by atoms with E-state index < -0.39 is 0 Å². The summed E-state index contributed by atoms with van der Waals surface area (Å²) >= 11 is 0. The Morgan fingerprint density at radius 2 is 2.08 bits per heavy atom. The van der Waals surface area contributed by atoms with Crippen molar-refractivity contribution >= 4 is 10.9 Å². The van der Waals surface area contributed by atoms with Crippen LogP contribution in [0.5, 0.6) is 0 Å². The molecule has 0 aliphatic carbocycles. The van der Waals surface area contributed by atoms with Crippen LogP contribution in [-0.2, 0) is 20.1 Å². The predicted molar refractivity (Wildman–Crippen MR) is 102 cm³/mol. The highest BCUT2D eigenvalue weighted by atomic mass is 16.2. The van der Waals surface area contributed by atoms with Crippen LogP contribution in [0.1, 0.15) is 37.1 Å². The third-order valence-corrected chi connectivity index (χ3v) is 5.33. The number of rotatable bonds is 4. The molecule has 0 spiro atoms. The average molecular weight is 351 g/mol. The number of benzene rings is 1. The molecule has 1 aliphatic rings. The number of hydrogen-bond donors (Lipinski definition) is 0. The van der Waals surface area contributed by atoms with Gasteiger partial charge in [-0.1, -0.05) is 24.3 Å². The normalized spacial score (nSPS) is 18.5. The minimum atomic E-state index is -0.0159. The van der Waals surface area contributed by atoms with Gasteiger partial charge in [0.05, 0.1) is 5.52 Å². The van der Waals surface area contributed by atoms with Crippen molar-refractivity contribution in [3.63, 3.8) is 0 Å². The van der Waals surface area contributed by atoms with Gasteiger partial charge in [-0.15, -0.1) is 0 Å². The first-order chi connectivity index (χ1) is 12.7. The molecule has 2 aromatic heterocycles. The summed E-state index contributed by atoms with van der Waals surface area (Å²) in [6.07, 6.45) is 4.07. The number of fused-ring (bicyclic) bond motifs is 1. The van der Waals surface area contributed by atoms with Gasteiger partial charge in [-0.2, -0.15) is 5.10 Å². The van der Waals surface area contributed by atoms with Crippen molar-refractivity contribution < 1.29 is 0 Å². The topological polar surface area (TPSA) is 56.0 Å². The first kappa shape index (κ1) is 17.0. The SMILES string of the molecule is CCn1c([C@@H]2CCCN(Cc3cccc4cccnc34)C2)nn(C)c1=O. The average Bonchev–Trinajstić information content (AvgIpc) is 2.96. The number of aromatic nitrogens is 4. The molecule has 0 amide bonds. The second-order valence-corrected chi connectivity index (χ2v) is 7.08. The fraction of sp³-hybridized carbons (Fsp3) is 0.450. The molecule has 0 N–H and O–H groups in total. The summed E-state index contributed by atoms with van der Waals surface area (Å²) in [4.78, 5) is 19.3. The van der Waals surface area contributed by atoms with Gasteiger partial charge in [0.1, 0.15) is 5.82 Å². The van der Waals surface area contributed by atoms with Gasteiger partial charge in [-0.3, -0.25) is 14.5 Å². The molecule has 26 heavy (non-hydrogen) atoms. The standard InChI is InChI=1S/C20H25N5O/c1-3-25-19(22-23(2)20(25)26)17-10-6-12-24(14-17)13-16-8-4-7-15-9-5-11-21-18(15)16/h4-5,7-9,11,17H,3,6,10,12-14H2,1-2H3/t17-/m1/s1. The van der Waals surface area contributed by atoms with Crippen LogP contribution in [-0.4, -0.2) is 37.3 Å². The second kappa shape index (κ2) is 7.03. The molecule has 1 saturated heterocycles. The van der Waals surface area contributed by atoms with E-state index >= 15 is 0 Å². The summed E-state index contributed by atoms with van der Waals surface area (Å²) < 4.78 is 3.28. The molecule has 1 aliphatic heterocycles. The fourth-order valence-corrected chi connectivity index (χ4v) is 4.07. The van der Waals surface area contributed by atoms with E-state index in [-0.39, 0.29) is 5.69 Å². The summed E-state index contributed by atoms with van der Waals surface area (Å²) in [6, 6.07) is 10.5. The molecular formula is C20H25N5O. The minimum Gasteiger partial charge on any atom is -0.298 e. The molecule has 6 heteroatoms. The zero-order chi connectivity index (χ0) is 18.1. The molecule has 1 aromatic carbocycles. The number of hydrogen-bond acceptors (Lipinski definition) is 4. The number of aryl methyl sites for hydroxylation is 1. The van der Waals surface area contributed by atoms with Gasteiger partial charge in [0.25, 0.3) is 0 Å². The second-order valence-electron chi connectivity index (χ2n) is 7.08. The minimum absolute atomic E-state index is 0.0159. The Hall–Kier alpha value is -2.47. The van der Waals surface area contributed by atoms with E-state index in [1.54, 1.807) is 7.05 Å². The Morgan fingerprint density at radius 1 is 1.23 bits per heavy atom. The number of likely N-dealkylation sites (tertiary alicyclic amines) is 1. The van der Waals surface area contributed by atoms with E-state index in [1.165, 1.54) is 15.6 Å². The summed E-state index contributed by atoms with van der Waals surface area (Å²) in [6.45, 7) is 5.57. The van der Waals surface area contributed by atoms with Crippen LogP contribution in [0.4, 0.5) is 0 Å². The highest BCUT2D eigenvalue weighted by molar-refractivity contribution is 5.81. The third kappa shape index (κ3) is 3.05. The van der Waals surface area contributed by atoms with Gasteiger partial charge in [0.15, 0.2) is 0 Å². The van der Waals surface area contributed by atoms with Crippen molar-refractivity contribution in [2.24, 2.45) is 7.05 Å². The van der Waals surface area contributed by atoms with Crippen LogP contribution in [0.2, 0.25) is 0 Å². The summed E-state index contributed by atoms with van der Waals surface area (Å²) in [7, 11) is 1.74. The quantitative estimate of drug-likeness (QED) is 0.725. The predicted octanol–water partition coefficient (Wildman–Crippen LogP) is 2.53. The molecule has 6 nitrogen and oxygen atoms in total. The molecule has 1 atom stereocenters. The Bertz CT molecular complexity index is 968. The van der Waals surface area contributed by atoms with Crippen LogP contribution in [0.15, 0.2) is 41.3 Å². The molecule has 1 fully saturated rings. The Labute approximate surface area is 153 Å². The zero-order valence-electron chi connectivity index (χ0n) is 15.4. The first-order valence-electron chi connectivity index (χ1n) is 9.36. The molecule has 3 aromatic rings. The van der Waals surface area contributed by atoms with Crippen molar-refractivity contribution in [2.45, 2.75) is 38.8 Å². The van der Waals surface area contributed by atoms with Gasteiger partial charge in [-0.25, -0.2) is 9.48 Å². The zero-order valence-corrected chi connectivity index (χ0v) is 15.4. The molecular weight excluding hydrogens is 326 g/mol. The van der Waals surface area contributed by atoms with Crippen molar-refractivity contribution in [3.05, 3.63) is 58.4 Å². The Balaban J connectivity index is 1.58. The lowest BCUT2D eigenvalue weighted by Crippen LogP contribution is -2.35. The molecule has 3 heterocycles. The maximum absolute atomic E-state index is 12.2. The van der Waals surface area contributed by atoms with Gasteiger partial charge >= 0.3 is 5.69 Å². The molecule has 4 rings (SSSR count). The van der Waals surface area contributed by atoms with Crippen LogP contribution in [0, 0.1) is 0 Å². The molecule has 0 bridgehead atoms. The molecule has 136 valence electrons. The molecule has 0 unspecified atom stereocenters. The van der Waals surface area contributed by atoms with Crippen molar-refractivity contribution in [1.29, 1.82) is 0 Å². The first-order valence-corrected chi connectivity index (χ1v) is 9.36. The van der Waals surface area contributed by atoms with Crippen LogP contribution >= 0.6 is 0 Å². The number of nitrogens with zero attached hydrogens (tertiary/aromatic N) is 5. The fourth-order valence-electron chi connectivity index (χ4n) is 4.07. The van der Waals surface area contributed by atoms with E-state index in [0.29, 0.717) is 12.5 Å². The van der Waals surface area contributed by atoms with Crippen molar-refractivity contribution in [3.8, 4) is 0 Å². The summed E-state index contributed by atoms with van der Waals surface area (Å²) in [5, 5.41) is 5.71. The lowest BCUT2D eigenvalue weighted by atomic mass is 9.96. The largest absolute Gasteiger partial charge is 0.345 e. The maximum atomic E-state index is 12.2. The van der Waals surface area contributed by atoms with E-state index in [9.17, 15) is 4.79 Å². The van der Waals surface area contributed by atoms with Crippen LogP contribution < -0.4 is 5.69 Å². The lowest BCUT2D eigenvalue weighted by Gasteiger charge is -2.32. The van der Waals surface area contributed by atoms with Gasteiger partial charge < -0.3 is 0 Å². The summed E-state index contributed by atoms with van der Waals surface area (Å²) in [5.41, 5.74) is 2.33. The smallest absolute Gasteiger partial charge is 0.298 e. The number of para-hydroxylation sites is 1. The third-order valence-electron chi connectivity index (χ3n) is 5.33. The van der Waals surface area contributed by atoms with E-state index in [1.807, 2.05) is 23.8 Å². The summed E-state index contributed by atoms with van der Waals surface area (Å²) in [5.74, 6) is 1.24. The monoisotopic (exact) mass is 351 g/mol. The van der Waals surface area contributed by atoms with Crippen molar-refractivity contribution in [1.82, 2.24) is 24.2 Å². The highest BCUT2D eigenvalue weighted by Gasteiger charge is 2.26. The lowest BCUT2D eigenvalue weighted by molar-refractivity contribution is 0.195. The van der Waals surface area contributed by atoms with Gasteiger partial charge in [0, 0.05) is 44.2 Å². The Kier molecular flexibility index (Phi) is 4.59. The Morgan fingerprint density at radius 3 is 2.92 bits per heavy atom. The van der Waals surface area contributed by atoms with E-state index in [4.69, 9.17) is 0 Å². The molecule has 0 radical (unpaired) electrons. The van der Waals surface area contributed by atoms with E-state index in [0.717, 1.165) is 43.8 Å². The number of pyridine rings is 1. The highest BCUT2D eigenvalue weighted by Crippen LogP contribution is 2.27. The number of piperidine rings is 1.